The predicted octanol–water partition coefficient (Wildman–Crippen LogP) is 3.46. The zero-order valence-electron chi connectivity index (χ0n) is 11.7. The quantitative estimate of drug-likeness (QED) is 0.936. The van der Waals surface area contributed by atoms with E-state index >= 15 is 0 Å². The van der Waals surface area contributed by atoms with Gasteiger partial charge in [-0.2, -0.15) is 0 Å². The lowest BCUT2D eigenvalue weighted by atomic mass is 10.1. The van der Waals surface area contributed by atoms with E-state index in [-0.39, 0.29) is 11.6 Å². The minimum atomic E-state index is -0.754. The Hall–Kier alpha value is -2.43. The Morgan fingerprint density at radius 1 is 1.14 bits per heavy atom. The third-order valence-electron chi connectivity index (χ3n) is 3.14. The van der Waals surface area contributed by atoms with Crippen LogP contribution in [0.4, 0.5) is 8.78 Å². The molecule has 3 nitrogen and oxygen atoms in total. The van der Waals surface area contributed by atoms with Crippen molar-refractivity contribution in [3.8, 4) is 5.75 Å². The van der Waals surface area contributed by atoms with Gasteiger partial charge in [0.1, 0.15) is 17.4 Å². The van der Waals surface area contributed by atoms with Crippen molar-refractivity contribution in [3.63, 3.8) is 0 Å². The molecule has 5 heteroatoms. The number of benzene rings is 2. The summed E-state index contributed by atoms with van der Waals surface area (Å²) >= 11 is 0. The number of amides is 1. The number of hydrogen-bond donors (Lipinski definition) is 1. The van der Waals surface area contributed by atoms with Crippen LogP contribution in [-0.4, -0.2) is 13.0 Å². The SMILES string of the molecule is COc1ccc([C@@H](C)NC(=O)c2cc(F)ccc2F)cc1. The number of hydrogen-bond acceptors (Lipinski definition) is 2. The summed E-state index contributed by atoms with van der Waals surface area (Å²) in [6, 6.07) is 9.57. The molecular weight excluding hydrogens is 276 g/mol. The molecule has 0 aromatic heterocycles. The van der Waals surface area contributed by atoms with E-state index in [9.17, 15) is 13.6 Å². The third kappa shape index (κ3) is 3.56. The van der Waals surface area contributed by atoms with Gasteiger partial charge in [-0.25, -0.2) is 8.78 Å². The summed E-state index contributed by atoms with van der Waals surface area (Å²) in [4.78, 5) is 12.0. The van der Waals surface area contributed by atoms with Crippen LogP contribution < -0.4 is 10.1 Å². The van der Waals surface area contributed by atoms with Gasteiger partial charge in [-0.15, -0.1) is 0 Å². The van der Waals surface area contributed by atoms with Crippen LogP contribution in [0.2, 0.25) is 0 Å². The van der Waals surface area contributed by atoms with E-state index in [1.54, 1.807) is 38.3 Å². The van der Waals surface area contributed by atoms with E-state index in [1.165, 1.54) is 0 Å². The van der Waals surface area contributed by atoms with Crippen LogP contribution in [0.1, 0.15) is 28.9 Å². The van der Waals surface area contributed by atoms with E-state index in [0.717, 1.165) is 23.8 Å². The second kappa shape index (κ2) is 6.35. The van der Waals surface area contributed by atoms with Gasteiger partial charge in [-0.05, 0) is 42.8 Å². The maximum absolute atomic E-state index is 13.5. The van der Waals surface area contributed by atoms with Crippen LogP contribution >= 0.6 is 0 Å². The normalized spacial score (nSPS) is 11.8. The van der Waals surface area contributed by atoms with Gasteiger partial charge in [0.2, 0.25) is 0 Å². The van der Waals surface area contributed by atoms with Crippen molar-refractivity contribution in [1.29, 1.82) is 0 Å². The molecule has 0 aliphatic heterocycles. The molecule has 1 N–H and O–H groups in total. The van der Waals surface area contributed by atoms with Crippen LogP contribution in [-0.2, 0) is 0 Å². The van der Waals surface area contributed by atoms with Crippen molar-refractivity contribution in [2.75, 3.05) is 7.11 Å². The lowest BCUT2D eigenvalue weighted by molar-refractivity contribution is 0.0935. The number of carbonyl (C=O) groups is 1. The molecule has 0 aliphatic carbocycles. The smallest absolute Gasteiger partial charge is 0.254 e. The van der Waals surface area contributed by atoms with Gasteiger partial charge in [-0.1, -0.05) is 12.1 Å². The monoisotopic (exact) mass is 291 g/mol. The first-order valence-corrected chi connectivity index (χ1v) is 6.41. The van der Waals surface area contributed by atoms with Crippen molar-refractivity contribution in [1.82, 2.24) is 5.32 Å². The standard InChI is InChI=1S/C16H15F2NO2/c1-10(11-3-6-13(21-2)7-4-11)19-16(20)14-9-12(17)5-8-15(14)18/h3-10H,1-2H3,(H,19,20)/t10-/m1/s1. The number of halogens is 2. The average Bonchev–Trinajstić information content (AvgIpc) is 2.49. The third-order valence-corrected chi connectivity index (χ3v) is 3.14. The summed E-state index contributed by atoms with van der Waals surface area (Å²) in [7, 11) is 1.56. The molecule has 1 amide bonds. The Bertz CT molecular complexity index is 641. The summed E-state index contributed by atoms with van der Waals surface area (Å²) in [5.41, 5.74) is 0.524. The number of methoxy groups -OCH3 is 1. The fourth-order valence-corrected chi connectivity index (χ4v) is 1.92. The highest BCUT2D eigenvalue weighted by Crippen LogP contribution is 2.18. The first-order chi connectivity index (χ1) is 10.0. The van der Waals surface area contributed by atoms with E-state index in [0.29, 0.717) is 5.75 Å². The summed E-state index contributed by atoms with van der Waals surface area (Å²) in [5, 5.41) is 2.63. The van der Waals surface area contributed by atoms with Crippen molar-refractivity contribution in [2.24, 2.45) is 0 Å². The molecule has 0 saturated heterocycles. The Morgan fingerprint density at radius 2 is 1.81 bits per heavy atom. The fraction of sp³-hybridized carbons (Fsp3) is 0.188. The predicted molar refractivity (Wildman–Crippen MR) is 75.2 cm³/mol. The molecule has 0 spiro atoms. The Kier molecular flexibility index (Phi) is 4.52. The fourth-order valence-electron chi connectivity index (χ4n) is 1.92. The molecular formula is C16H15F2NO2. The molecule has 0 aliphatic rings. The van der Waals surface area contributed by atoms with Crippen LogP contribution in [0.3, 0.4) is 0 Å². The second-order valence-electron chi connectivity index (χ2n) is 4.59. The largest absolute Gasteiger partial charge is 0.497 e. The first-order valence-electron chi connectivity index (χ1n) is 6.41. The zero-order valence-corrected chi connectivity index (χ0v) is 11.7. The molecule has 0 bridgehead atoms. The van der Waals surface area contributed by atoms with Gasteiger partial charge in [-0.3, -0.25) is 4.79 Å². The molecule has 2 rings (SSSR count). The van der Waals surface area contributed by atoms with Gasteiger partial charge < -0.3 is 10.1 Å². The molecule has 0 saturated carbocycles. The van der Waals surface area contributed by atoms with E-state index < -0.39 is 17.5 Å². The molecule has 0 radical (unpaired) electrons. The molecule has 0 unspecified atom stereocenters. The van der Waals surface area contributed by atoms with Gasteiger partial charge >= 0.3 is 0 Å². The van der Waals surface area contributed by atoms with Crippen molar-refractivity contribution in [3.05, 3.63) is 65.2 Å². The second-order valence-corrected chi connectivity index (χ2v) is 4.59. The number of nitrogens with one attached hydrogen (secondary N) is 1. The van der Waals surface area contributed by atoms with Crippen LogP contribution in [0.5, 0.6) is 5.75 Å². The average molecular weight is 291 g/mol. The maximum Gasteiger partial charge on any atom is 0.254 e. The number of carbonyl (C=O) groups excluding carboxylic acids is 1. The molecule has 21 heavy (non-hydrogen) atoms. The molecule has 1 atom stereocenters. The number of ether oxygens (including phenoxy) is 1. The Labute approximate surface area is 121 Å². The molecule has 2 aromatic carbocycles. The van der Waals surface area contributed by atoms with Crippen LogP contribution in [0.25, 0.3) is 0 Å². The molecule has 110 valence electrons. The van der Waals surface area contributed by atoms with Gasteiger partial charge in [0.25, 0.3) is 5.91 Å². The Morgan fingerprint density at radius 3 is 2.43 bits per heavy atom. The van der Waals surface area contributed by atoms with Crippen LogP contribution in [0, 0.1) is 11.6 Å². The lowest BCUT2D eigenvalue weighted by Crippen LogP contribution is -2.27. The summed E-state index contributed by atoms with van der Waals surface area (Å²) in [5.74, 6) is -1.36. The highest BCUT2D eigenvalue weighted by Gasteiger charge is 2.16. The summed E-state index contributed by atoms with van der Waals surface area (Å²) in [6.07, 6.45) is 0. The summed E-state index contributed by atoms with van der Waals surface area (Å²) < 4.78 is 31.7. The zero-order chi connectivity index (χ0) is 15.4. The van der Waals surface area contributed by atoms with Crippen molar-refractivity contribution in [2.45, 2.75) is 13.0 Å². The van der Waals surface area contributed by atoms with Crippen molar-refractivity contribution < 1.29 is 18.3 Å². The highest BCUT2D eigenvalue weighted by molar-refractivity contribution is 5.94. The first kappa shape index (κ1) is 15.0. The Balaban J connectivity index is 2.12. The molecule has 0 heterocycles. The van der Waals surface area contributed by atoms with Crippen LogP contribution in [0.15, 0.2) is 42.5 Å². The molecule has 0 fully saturated rings. The lowest BCUT2D eigenvalue weighted by Gasteiger charge is -2.15. The van der Waals surface area contributed by atoms with E-state index in [2.05, 4.69) is 5.32 Å². The van der Waals surface area contributed by atoms with E-state index in [1.807, 2.05) is 0 Å². The van der Waals surface area contributed by atoms with Gasteiger partial charge in [0.15, 0.2) is 0 Å². The van der Waals surface area contributed by atoms with Gasteiger partial charge in [0, 0.05) is 0 Å². The minimum Gasteiger partial charge on any atom is -0.497 e. The maximum atomic E-state index is 13.5. The molecule has 2 aromatic rings. The summed E-state index contributed by atoms with van der Waals surface area (Å²) in [6.45, 7) is 1.76. The number of rotatable bonds is 4. The van der Waals surface area contributed by atoms with Crippen molar-refractivity contribution >= 4 is 5.91 Å². The topological polar surface area (TPSA) is 38.3 Å². The minimum absolute atomic E-state index is 0.310. The highest BCUT2D eigenvalue weighted by atomic mass is 19.1. The van der Waals surface area contributed by atoms with Gasteiger partial charge in [0.05, 0.1) is 18.7 Å². The van der Waals surface area contributed by atoms with E-state index in [4.69, 9.17) is 4.74 Å².